The highest BCUT2D eigenvalue weighted by atomic mass is 19.2. The molecule has 0 spiro atoms. The summed E-state index contributed by atoms with van der Waals surface area (Å²) in [4.78, 5) is 22.3. The fourth-order valence-corrected chi connectivity index (χ4v) is 2.04. The lowest BCUT2D eigenvalue weighted by molar-refractivity contribution is -0.137. The molecule has 1 aromatic rings. The van der Waals surface area contributed by atoms with Crippen LogP contribution >= 0.6 is 0 Å². The molecule has 1 unspecified atom stereocenters. The Kier molecular flexibility index (Phi) is 6.78. The zero-order valence-electron chi connectivity index (χ0n) is 11.9. The molecule has 0 heterocycles. The third-order valence-corrected chi connectivity index (χ3v) is 3.38. The average molecular weight is 299 g/mol. The predicted octanol–water partition coefficient (Wildman–Crippen LogP) is 2.98. The molecule has 21 heavy (non-hydrogen) atoms. The minimum Gasteiger partial charge on any atom is -0.481 e. The van der Waals surface area contributed by atoms with Gasteiger partial charge in [-0.15, -0.1) is 0 Å². The Labute approximate surface area is 122 Å². The van der Waals surface area contributed by atoms with Crippen LogP contribution in [0.4, 0.5) is 8.78 Å². The van der Waals surface area contributed by atoms with Gasteiger partial charge in [-0.1, -0.05) is 19.4 Å². The Hall–Kier alpha value is -1.98. The van der Waals surface area contributed by atoms with E-state index >= 15 is 0 Å². The molecule has 0 radical (unpaired) electrons. The van der Waals surface area contributed by atoms with Gasteiger partial charge >= 0.3 is 5.97 Å². The van der Waals surface area contributed by atoms with Crippen molar-refractivity contribution in [3.63, 3.8) is 0 Å². The van der Waals surface area contributed by atoms with E-state index in [2.05, 4.69) is 5.32 Å². The van der Waals surface area contributed by atoms with Crippen molar-refractivity contribution in [2.24, 2.45) is 5.92 Å². The van der Waals surface area contributed by atoms with Crippen molar-refractivity contribution in [1.82, 2.24) is 5.32 Å². The van der Waals surface area contributed by atoms with Crippen LogP contribution in [0.3, 0.4) is 0 Å². The quantitative estimate of drug-likeness (QED) is 0.775. The number of aliphatic carboxylic acids is 1. The monoisotopic (exact) mass is 299 g/mol. The van der Waals surface area contributed by atoms with Crippen molar-refractivity contribution in [3.8, 4) is 0 Å². The molecule has 0 aliphatic rings. The molecule has 1 amide bonds. The molecular formula is C15H19F2NO3. The summed E-state index contributed by atoms with van der Waals surface area (Å²) in [5, 5.41) is 11.2. The second kappa shape index (κ2) is 8.34. The first-order valence-corrected chi connectivity index (χ1v) is 6.89. The number of carbonyl (C=O) groups is 2. The second-order valence-corrected chi connectivity index (χ2v) is 4.85. The van der Waals surface area contributed by atoms with E-state index in [1.807, 2.05) is 6.92 Å². The van der Waals surface area contributed by atoms with Crippen molar-refractivity contribution < 1.29 is 23.5 Å². The van der Waals surface area contributed by atoms with Crippen LogP contribution < -0.4 is 5.32 Å². The van der Waals surface area contributed by atoms with Crippen LogP contribution in [0.5, 0.6) is 0 Å². The first-order chi connectivity index (χ1) is 9.95. The summed E-state index contributed by atoms with van der Waals surface area (Å²) < 4.78 is 26.4. The van der Waals surface area contributed by atoms with Gasteiger partial charge in [-0.2, -0.15) is 0 Å². The van der Waals surface area contributed by atoms with E-state index in [9.17, 15) is 18.4 Å². The van der Waals surface area contributed by atoms with Crippen LogP contribution in [-0.2, 0) is 4.79 Å². The fraction of sp³-hybridized carbons (Fsp3) is 0.467. The van der Waals surface area contributed by atoms with E-state index in [1.165, 1.54) is 12.1 Å². The van der Waals surface area contributed by atoms with Crippen LogP contribution in [0.25, 0.3) is 0 Å². The molecule has 116 valence electrons. The molecule has 4 nitrogen and oxygen atoms in total. The van der Waals surface area contributed by atoms with Gasteiger partial charge in [0, 0.05) is 13.0 Å². The maximum Gasteiger partial charge on any atom is 0.303 e. The Morgan fingerprint density at radius 1 is 1.29 bits per heavy atom. The number of halogens is 2. The van der Waals surface area contributed by atoms with Crippen molar-refractivity contribution in [3.05, 3.63) is 35.4 Å². The maximum atomic E-state index is 13.4. The molecule has 2 N–H and O–H groups in total. The third-order valence-electron chi connectivity index (χ3n) is 3.38. The van der Waals surface area contributed by atoms with E-state index in [1.54, 1.807) is 0 Å². The number of hydrogen-bond acceptors (Lipinski definition) is 2. The molecule has 1 atom stereocenters. The predicted molar refractivity (Wildman–Crippen MR) is 74.0 cm³/mol. The molecule has 0 aliphatic carbocycles. The first kappa shape index (κ1) is 17.1. The molecule has 0 aromatic heterocycles. The molecular weight excluding hydrogens is 280 g/mol. The second-order valence-electron chi connectivity index (χ2n) is 4.85. The Balaban J connectivity index is 2.45. The van der Waals surface area contributed by atoms with Gasteiger partial charge < -0.3 is 10.4 Å². The highest BCUT2D eigenvalue weighted by molar-refractivity contribution is 5.94. The van der Waals surface area contributed by atoms with Crippen molar-refractivity contribution >= 4 is 11.9 Å². The topological polar surface area (TPSA) is 66.4 Å². The van der Waals surface area contributed by atoms with Gasteiger partial charge in [-0.3, -0.25) is 9.59 Å². The average Bonchev–Trinajstić information content (AvgIpc) is 2.45. The summed E-state index contributed by atoms with van der Waals surface area (Å²) >= 11 is 0. The van der Waals surface area contributed by atoms with Crippen molar-refractivity contribution in [2.75, 3.05) is 6.54 Å². The molecule has 6 heteroatoms. The molecule has 0 saturated carbocycles. The standard InChI is InChI=1S/C15H19F2NO3/c1-2-10(6-7-13(19)20)8-9-18-15(21)11-4-3-5-12(16)14(11)17/h3-5,10H,2,6-9H2,1H3,(H,18,21)(H,19,20). The highest BCUT2D eigenvalue weighted by Crippen LogP contribution is 2.15. The molecule has 1 aromatic carbocycles. The minimum atomic E-state index is -1.16. The van der Waals surface area contributed by atoms with E-state index in [-0.39, 0.29) is 17.9 Å². The number of amides is 1. The number of benzene rings is 1. The first-order valence-electron chi connectivity index (χ1n) is 6.89. The molecule has 1 rings (SSSR count). The number of rotatable bonds is 8. The number of nitrogens with one attached hydrogen (secondary N) is 1. The van der Waals surface area contributed by atoms with Gasteiger partial charge in [-0.25, -0.2) is 8.78 Å². The summed E-state index contributed by atoms with van der Waals surface area (Å²) in [5.74, 6) is -3.55. The smallest absolute Gasteiger partial charge is 0.303 e. The van der Waals surface area contributed by atoms with Crippen LogP contribution in [0.2, 0.25) is 0 Å². The van der Waals surface area contributed by atoms with Crippen LogP contribution in [0.1, 0.15) is 43.0 Å². The lowest BCUT2D eigenvalue weighted by Gasteiger charge is -2.14. The zero-order chi connectivity index (χ0) is 15.8. The molecule has 0 fully saturated rings. The molecule has 0 saturated heterocycles. The van der Waals surface area contributed by atoms with Gasteiger partial charge in [0.2, 0.25) is 0 Å². The van der Waals surface area contributed by atoms with Crippen molar-refractivity contribution in [1.29, 1.82) is 0 Å². The van der Waals surface area contributed by atoms with E-state index in [4.69, 9.17) is 5.11 Å². The molecule has 0 bridgehead atoms. The number of hydrogen-bond donors (Lipinski definition) is 2. The minimum absolute atomic E-state index is 0.0883. The summed E-state index contributed by atoms with van der Waals surface area (Å²) in [6, 6.07) is 3.44. The number of carboxylic acids is 1. The summed E-state index contributed by atoms with van der Waals surface area (Å²) in [5.41, 5.74) is -0.325. The van der Waals surface area contributed by atoms with Gasteiger partial charge in [0.15, 0.2) is 11.6 Å². The summed E-state index contributed by atoms with van der Waals surface area (Å²) in [6.45, 7) is 2.24. The van der Waals surface area contributed by atoms with Crippen LogP contribution in [0, 0.1) is 17.6 Å². The number of carbonyl (C=O) groups excluding carboxylic acids is 1. The zero-order valence-corrected chi connectivity index (χ0v) is 11.9. The van der Waals surface area contributed by atoms with Crippen molar-refractivity contribution in [2.45, 2.75) is 32.6 Å². The van der Waals surface area contributed by atoms with E-state index in [0.717, 1.165) is 12.5 Å². The van der Waals surface area contributed by atoms with Gasteiger partial charge in [-0.05, 0) is 30.9 Å². The lowest BCUT2D eigenvalue weighted by Crippen LogP contribution is -2.27. The normalized spacial score (nSPS) is 12.0. The Morgan fingerprint density at radius 3 is 2.62 bits per heavy atom. The largest absolute Gasteiger partial charge is 0.481 e. The SMILES string of the molecule is CCC(CCNC(=O)c1cccc(F)c1F)CCC(=O)O. The van der Waals surface area contributed by atoms with Gasteiger partial charge in [0.25, 0.3) is 5.91 Å². The van der Waals surface area contributed by atoms with Crippen LogP contribution in [0.15, 0.2) is 18.2 Å². The number of carboxylic acid groups (broad SMARTS) is 1. The summed E-state index contributed by atoms with van der Waals surface area (Å²) in [7, 11) is 0. The fourth-order valence-electron chi connectivity index (χ4n) is 2.04. The maximum absolute atomic E-state index is 13.4. The summed E-state index contributed by atoms with van der Waals surface area (Å²) in [6.07, 6.45) is 2.03. The third kappa shape index (κ3) is 5.49. The van der Waals surface area contributed by atoms with E-state index in [0.29, 0.717) is 19.4 Å². The lowest BCUT2D eigenvalue weighted by atomic mass is 9.96. The Bertz CT molecular complexity index is 506. The Morgan fingerprint density at radius 2 is 2.00 bits per heavy atom. The van der Waals surface area contributed by atoms with E-state index < -0.39 is 23.5 Å². The van der Waals surface area contributed by atoms with Crippen LogP contribution in [-0.4, -0.2) is 23.5 Å². The highest BCUT2D eigenvalue weighted by Gasteiger charge is 2.15. The van der Waals surface area contributed by atoms with Gasteiger partial charge in [0.1, 0.15) is 0 Å². The molecule has 0 aliphatic heterocycles. The van der Waals surface area contributed by atoms with Gasteiger partial charge in [0.05, 0.1) is 5.56 Å².